The van der Waals surface area contributed by atoms with Crippen LogP contribution in [0.5, 0.6) is 0 Å². The Labute approximate surface area is 139 Å². The molecule has 0 aromatic heterocycles. The minimum Gasteiger partial charge on any atom is -0.355 e. The summed E-state index contributed by atoms with van der Waals surface area (Å²) in [5.41, 5.74) is 0. The first-order valence-electron chi connectivity index (χ1n) is 9.14. The molecule has 3 aliphatic rings. The summed E-state index contributed by atoms with van der Waals surface area (Å²) in [7, 11) is 4.03. The molecule has 0 radical (unpaired) electrons. The second-order valence-electron chi connectivity index (χ2n) is 7.13. The number of piperazine rings is 1. The lowest BCUT2D eigenvalue weighted by atomic mass is 10.2. The third kappa shape index (κ3) is 4.16. The predicted molar refractivity (Wildman–Crippen MR) is 92.6 cm³/mol. The first kappa shape index (κ1) is 16.6. The zero-order valence-electron chi connectivity index (χ0n) is 14.6. The zero-order valence-corrected chi connectivity index (χ0v) is 14.6. The monoisotopic (exact) mass is 321 g/mol. The molecule has 3 fully saturated rings. The first-order chi connectivity index (χ1) is 11.2. The topological polar surface area (TPSA) is 51.2 Å². The number of nitrogens with one attached hydrogen (secondary N) is 1. The molecule has 0 atom stereocenters. The molecule has 1 aliphatic heterocycles. The number of aliphatic imine (C=N–C) groups is 1. The van der Waals surface area contributed by atoms with Crippen LogP contribution in [0.3, 0.4) is 0 Å². The number of likely N-dealkylation sites (N-methyl/N-ethyl adjacent to an activating group) is 1. The number of amides is 1. The number of carbonyl (C=O) groups is 1. The summed E-state index contributed by atoms with van der Waals surface area (Å²) in [5.74, 6) is 1.12. The van der Waals surface area contributed by atoms with E-state index in [4.69, 9.17) is 0 Å². The van der Waals surface area contributed by atoms with E-state index in [0.717, 1.165) is 38.2 Å². The van der Waals surface area contributed by atoms with Crippen molar-refractivity contribution in [1.29, 1.82) is 0 Å². The van der Waals surface area contributed by atoms with Gasteiger partial charge in [0.2, 0.25) is 5.91 Å². The maximum Gasteiger partial charge on any atom is 0.242 e. The summed E-state index contributed by atoms with van der Waals surface area (Å²) in [6.07, 6.45) is 7.79. The molecular formula is C17H31N5O. The molecule has 3 rings (SSSR count). The highest BCUT2D eigenvalue weighted by atomic mass is 16.2. The Morgan fingerprint density at radius 1 is 1.26 bits per heavy atom. The van der Waals surface area contributed by atoms with Crippen LogP contribution in [-0.4, -0.2) is 85.5 Å². The van der Waals surface area contributed by atoms with Crippen molar-refractivity contribution in [3.63, 3.8) is 0 Å². The molecule has 2 saturated carbocycles. The van der Waals surface area contributed by atoms with Gasteiger partial charge in [0.15, 0.2) is 5.96 Å². The summed E-state index contributed by atoms with van der Waals surface area (Å²) >= 11 is 0. The number of guanidine groups is 1. The quantitative estimate of drug-likeness (QED) is 0.599. The molecular weight excluding hydrogens is 290 g/mol. The molecule has 0 unspecified atom stereocenters. The van der Waals surface area contributed by atoms with E-state index in [1.54, 1.807) is 7.05 Å². The van der Waals surface area contributed by atoms with Crippen LogP contribution in [0.1, 0.15) is 38.5 Å². The van der Waals surface area contributed by atoms with E-state index in [1.165, 1.54) is 38.5 Å². The van der Waals surface area contributed by atoms with Crippen molar-refractivity contribution in [2.75, 3.05) is 46.8 Å². The zero-order chi connectivity index (χ0) is 16.2. The maximum atomic E-state index is 12.3. The highest BCUT2D eigenvalue weighted by Gasteiger charge is 2.36. The normalized spacial score (nSPS) is 24.0. The van der Waals surface area contributed by atoms with E-state index in [9.17, 15) is 4.79 Å². The Bertz CT molecular complexity index is 442. The molecule has 130 valence electrons. The fourth-order valence-electron chi connectivity index (χ4n) is 3.84. The molecule has 1 N–H and O–H groups in total. The van der Waals surface area contributed by atoms with Crippen molar-refractivity contribution in [3.8, 4) is 0 Å². The average Bonchev–Trinajstić information content (AvgIpc) is 3.24. The molecule has 1 amide bonds. The molecule has 0 aromatic rings. The van der Waals surface area contributed by atoms with Gasteiger partial charge in [-0.05, 0) is 32.7 Å². The van der Waals surface area contributed by atoms with Gasteiger partial charge in [-0.25, -0.2) is 0 Å². The second kappa shape index (κ2) is 7.51. The van der Waals surface area contributed by atoms with Crippen molar-refractivity contribution >= 4 is 11.9 Å². The van der Waals surface area contributed by atoms with Crippen molar-refractivity contribution in [1.82, 2.24) is 20.0 Å². The van der Waals surface area contributed by atoms with Crippen LogP contribution >= 0.6 is 0 Å². The van der Waals surface area contributed by atoms with Crippen LogP contribution in [0.2, 0.25) is 0 Å². The molecule has 6 nitrogen and oxygen atoms in total. The standard InChI is InChI=1S/C17H31N5O/c1-18-17(19-9-10-20(2)14-5-3-4-6-14)21-11-12-22(15-7-8-15)16(23)13-21/h14-15H,3-13H2,1-2H3,(H,18,19). The van der Waals surface area contributed by atoms with Crippen molar-refractivity contribution in [3.05, 3.63) is 0 Å². The van der Waals surface area contributed by atoms with Gasteiger partial charge in [-0.3, -0.25) is 9.79 Å². The van der Waals surface area contributed by atoms with Gasteiger partial charge in [0.1, 0.15) is 0 Å². The lowest BCUT2D eigenvalue weighted by molar-refractivity contribution is -0.135. The van der Waals surface area contributed by atoms with Gasteiger partial charge in [0.05, 0.1) is 6.54 Å². The lowest BCUT2D eigenvalue weighted by Crippen LogP contribution is -2.56. The van der Waals surface area contributed by atoms with Gasteiger partial charge in [0.25, 0.3) is 0 Å². The highest BCUT2D eigenvalue weighted by molar-refractivity contribution is 5.87. The van der Waals surface area contributed by atoms with E-state index < -0.39 is 0 Å². The van der Waals surface area contributed by atoms with Gasteiger partial charge in [-0.1, -0.05) is 12.8 Å². The smallest absolute Gasteiger partial charge is 0.242 e. The number of carbonyl (C=O) groups excluding carboxylic acids is 1. The predicted octanol–water partition coefficient (Wildman–Crippen LogP) is 0.743. The maximum absolute atomic E-state index is 12.3. The third-order valence-corrected chi connectivity index (χ3v) is 5.45. The minimum absolute atomic E-state index is 0.254. The summed E-state index contributed by atoms with van der Waals surface area (Å²) in [5, 5.41) is 3.44. The van der Waals surface area contributed by atoms with Crippen LogP contribution in [0.15, 0.2) is 4.99 Å². The Kier molecular flexibility index (Phi) is 5.41. The summed E-state index contributed by atoms with van der Waals surface area (Å²) in [4.78, 5) is 23.2. The Hall–Kier alpha value is -1.30. The summed E-state index contributed by atoms with van der Waals surface area (Å²) in [6.45, 7) is 4.11. The van der Waals surface area contributed by atoms with Crippen molar-refractivity contribution in [2.24, 2.45) is 4.99 Å². The van der Waals surface area contributed by atoms with Gasteiger partial charge in [0, 0.05) is 45.3 Å². The second-order valence-corrected chi connectivity index (χ2v) is 7.13. The average molecular weight is 321 g/mol. The summed E-state index contributed by atoms with van der Waals surface area (Å²) in [6, 6.07) is 1.28. The van der Waals surface area contributed by atoms with Gasteiger partial charge < -0.3 is 20.0 Å². The van der Waals surface area contributed by atoms with Crippen LogP contribution in [0, 0.1) is 0 Å². The fraction of sp³-hybridized carbons (Fsp3) is 0.882. The molecule has 23 heavy (non-hydrogen) atoms. The number of rotatable bonds is 5. The fourth-order valence-corrected chi connectivity index (χ4v) is 3.84. The van der Waals surface area contributed by atoms with E-state index in [0.29, 0.717) is 12.6 Å². The molecule has 1 saturated heterocycles. The van der Waals surface area contributed by atoms with E-state index in [-0.39, 0.29) is 5.91 Å². The van der Waals surface area contributed by atoms with Gasteiger partial charge >= 0.3 is 0 Å². The van der Waals surface area contributed by atoms with E-state index in [2.05, 4.69) is 32.1 Å². The largest absolute Gasteiger partial charge is 0.355 e. The van der Waals surface area contributed by atoms with Crippen LogP contribution in [0.4, 0.5) is 0 Å². The van der Waals surface area contributed by atoms with Crippen LogP contribution in [-0.2, 0) is 4.79 Å². The Morgan fingerprint density at radius 3 is 2.61 bits per heavy atom. The van der Waals surface area contributed by atoms with Crippen molar-refractivity contribution in [2.45, 2.75) is 50.6 Å². The molecule has 2 aliphatic carbocycles. The van der Waals surface area contributed by atoms with Gasteiger partial charge in [-0.2, -0.15) is 0 Å². The molecule has 0 aromatic carbocycles. The van der Waals surface area contributed by atoms with E-state index in [1.807, 2.05) is 0 Å². The van der Waals surface area contributed by atoms with E-state index >= 15 is 0 Å². The highest BCUT2D eigenvalue weighted by Crippen LogP contribution is 2.28. The SMILES string of the molecule is CN=C(NCCN(C)C1CCCC1)N1CCN(C2CC2)C(=O)C1. The lowest BCUT2D eigenvalue weighted by Gasteiger charge is -2.36. The van der Waals surface area contributed by atoms with Gasteiger partial charge in [-0.15, -0.1) is 0 Å². The van der Waals surface area contributed by atoms with Crippen LogP contribution in [0.25, 0.3) is 0 Å². The number of hydrogen-bond acceptors (Lipinski definition) is 3. The summed E-state index contributed by atoms with van der Waals surface area (Å²) < 4.78 is 0. The molecule has 0 bridgehead atoms. The third-order valence-electron chi connectivity index (χ3n) is 5.45. The first-order valence-corrected chi connectivity index (χ1v) is 9.14. The van der Waals surface area contributed by atoms with Crippen LogP contribution < -0.4 is 5.32 Å². The number of nitrogens with zero attached hydrogens (tertiary/aromatic N) is 4. The molecule has 6 heteroatoms. The molecule has 1 heterocycles. The van der Waals surface area contributed by atoms with Crippen molar-refractivity contribution < 1.29 is 4.79 Å². The minimum atomic E-state index is 0.254. The Morgan fingerprint density at radius 2 is 2.00 bits per heavy atom. The Balaban J connectivity index is 1.42. The number of hydrogen-bond donors (Lipinski definition) is 1. The molecule has 0 spiro atoms.